The van der Waals surface area contributed by atoms with Gasteiger partial charge in [-0.25, -0.2) is 14.8 Å². The molecule has 0 bridgehead atoms. The number of aromatic nitrogens is 2. The topological polar surface area (TPSA) is 152 Å². The minimum Gasteiger partial charge on any atom is -0.460 e. The van der Waals surface area contributed by atoms with Gasteiger partial charge in [-0.1, -0.05) is 30.3 Å². The quantitative estimate of drug-likeness (QED) is 0.342. The monoisotopic (exact) mass is 612 g/mol. The number of hydrogen-bond donors (Lipinski definition) is 2. The third-order valence-electron chi connectivity index (χ3n) is 6.58. The van der Waals surface area contributed by atoms with E-state index in [1.807, 2.05) is 37.3 Å². The summed E-state index contributed by atoms with van der Waals surface area (Å²) < 4.78 is 15.7. The maximum atomic E-state index is 13.7. The molecule has 2 heterocycles. The highest BCUT2D eigenvalue weighted by atomic mass is 16.6. The molecule has 13 nitrogen and oxygen atoms in total. The zero-order chi connectivity index (χ0) is 32.3. The third kappa shape index (κ3) is 10.5. The number of anilines is 1. The Labute approximate surface area is 258 Å². The van der Waals surface area contributed by atoms with E-state index in [-0.39, 0.29) is 50.2 Å². The van der Waals surface area contributed by atoms with Gasteiger partial charge in [0.1, 0.15) is 23.2 Å². The molecule has 2 aromatic rings. The highest BCUT2D eigenvalue weighted by Crippen LogP contribution is 2.19. The van der Waals surface area contributed by atoms with Gasteiger partial charge in [-0.2, -0.15) is 0 Å². The molecule has 1 fully saturated rings. The molecule has 0 spiro atoms. The smallest absolute Gasteiger partial charge is 0.409 e. The van der Waals surface area contributed by atoms with Gasteiger partial charge in [0.25, 0.3) is 5.91 Å². The lowest BCUT2D eigenvalue weighted by atomic mass is 10.1. The van der Waals surface area contributed by atoms with Crippen molar-refractivity contribution < 1.29 is 33.4 Å². The zero-order valence-electron chi connectivity index (χ0n) is 26.4. The molecule has 2 atom stereocenters. The molecule has 240 valence electrons. The molecule has 1 aliphatic rings. The Morgan fingerprint density at radius 3 is 2.27 bits per heavy atom. The molecular formula is C31H44N6O7. The van der Waals surface area contributed by atoms with E-state index in [0.29, 0.717) is 36.9 Å². The number of carbonyl (C=O) groups is 4. The number of ether oxygens (including phenoxy) is 3. The molecule has 0 saturated carbocycles. The van der Waals surface area contributed by atoms with Crippen molar-refractivity contribution in [2.24, 2.45) is 0 Å². The second kappa shape index (κ2) is 16.0. The normalized spacial score (nSPS) is 14.8. The molecule has 0 radical (unpaired) electrons. The Balaban J connectivity index is 1.84. The summed E-state index contributed by atoms with van der Waals surface area (Å²) in [5.74, 6) is -0.699. The van der Waals surface area contributed by atoms with Crippen LogP contribution in [0.15, 0.2) is 36.4 Å². The van der Waals surface area contributed by atoms with E-state index in [1.54, 1.807) is 39.7 Å². The molecule has 13 heteroatoms. The fourth-order valence-electron chi connectivity index (χ4n) is 4.59. The minimum atomic E-state index is -1.04. The summed E-state index contributed by atoms with van der Waals surface area (Å²) in [7, 11) is 1.59. The highest BCUT2D eigenvalue weighted by Gasteiger charge is 2.32. The maximum Gasteiger partial charge on any atom is 0.409 e. The SMILES string of the molecule is CCOC(=O)N1CCN(C(=O)C(CCC(=O)OC(C)(C)C)NC(=O)c2cc(NC(C)COC)nc(-c3ccccc3)n2)CC1. The van der Waals surface area contributed by atoms with Crippen molar-refractivity contribution in [1.29, 1.82) is 0 Å². The van der Waals surface area contributed by atoms with E-state index in [9.17, 15) is 19.2 Å². The van der Waals surface area contributed by atoms with E-state index in [4.69, 9.17) is 14.2 Å². The number of benzene rings is 1. The molecule has 2 unspecified atom stereocenters. The Hall–Kier alpha value is -4.26. The Morgan fingerprint density at radius 2 is 1.66 bits per heavy atom. The van der Waals surface area contributed by atoms with Crippen LogP contribution in [0.5, 0.6) is 0 Å². The fourth-order valence-corrected chi connectivity index (χ4v) is 4.59. The van der Waals surface area contributed by atoms with Gasteiger partial charge in [0.2, 0.25) is 5.91 Å². The van der Waals surface area contributed by atoms with Gasteiger partial charge in [0.05, 0.1) is 13.2 Å². The first-order chi connectivity index (χ1) is 20.9. The molecule has 3 amide bonds. The summed E-state index contributed by atoms with van der Waals surface area (Å²) in [5.41, 5.74) is 0.0660. The molecule has 1 aromatic heterocycles. The van der Waals surface area contributed by atoms with Crippen molar-refractivity contribution in [2.45, 2.75) is 65.1 Å². The van der Waals surface area contributed by atoms with Crippen LogP contribution in [0, 0.1) is 0 Å². The van der Waals surface area contributed by atoms with Crippen LogP contribution in [0.3, 0.4) is 0 Å². The molecule has 1 aromatic carbocycles. The lowest BCUT2D eigenvalue weighted by Gasteiger charge is -2.36. The zero-order valence-corrected chi connectivity index (χ0v) is 26.4. The van der Waals surface area contributed by atoms with Gasteiger partial charge in [-0.15, -0.1) is 0 Å². The van der Waals surface area contributed by atoms with Crippen molar-refractivity contribution in [3.63, 3.8) is 0 Å². The number of nitrogens with zero attached hydrogens (tertiary/aromatic N) is 4. The van der Waals surface area contributed by atoms with E-state index < -0.39 is 29.6 Å². The number of amides is 3. The van der Waals surface area contributed by atoms with Gasteiger partial charge < -0.3 is 34.6 Å². The molecule has 0 aliphatic carbocycles. The second-order valence-corrected chi connectivity index (χ2v) is 11.5. The lowest BCUT2D eigenvalue weighted by molar-refractivity contribution is -0.155. The maximum absolute atomic E-state index is 13.7. The Kier molecular flexibility index (Phi) is 12.4. The predicted octanol–water partition coefficient (Wildman–Crippen LogP) is 3.11. The van der Waals surface area contributed by atoms with Crippen molar-refractivity contribution in [3.05, 3.63) is 42.1 Å². The van der Waals surface area contributed by atoms with Crippen LogP contribution in [-0.4, -0.2) is 108 Å². The first-order valence-electron chi connectivity index (χ1n) is 14.8. The van der Waals surface area contributed by atoms with Crippen LogP contribution in [0.2, 0.25) is 0 Å². The van der Waals surface area contributed by atoms with Crippen LogP contribution in [0.1, 0.15) is 57.9 Å². The van der Waals surface area contributed by atoms with Crippen LogP contribution < -0.4 is 10.6 Å². The molecule has 2 N–H and O–H groups in total. The van der Waals surface area contributed by atoms with Crippen LogP contribution in [-0.2, 0) is 23.8 Å². The van der Waals surface area contributed by atoms with Crippen LogP contribution >= 0.6 is 0 Å². The first kappa shape index (κ1) is 34.2. The molecule has 44 heavy (non-hydrogen) atoms. The predicted molar refractivity (Wildman–Crippen MR) is 164 cm³/mol. The number of methoxy groups -OCH3 is 1. The third-order valence-corrected chi connectivity index (χ3v) is 6.58. The molecule has 1 aliphatic heterocycles. The van der Waals surface area contributed by atoms with E-state index in [0.717, 1.165) is 0 Å². The Bertz CT molecular complexity index is 1280. The summed E-state index contributed by atoms with van der Waals surface area (Å²) in [6.07, 6.45) is -0.502. The highest BCUT2D eigenvalue weighted by molar-refractivity contribution is 5.97. The molecular weight excluding hydrogens is 568 g/mol. The number of carbonyl (C=O) groups excluding carboxylic acids is 4. The number of hydrogen-bond acceptors (Lipinski definition) is 10. The standard InChI is InChI=1S/C31H44N6O7/c1-7-43-30(41)37-17-15-36(16-18-37)29(40)23(13-14-26(38)44-31(3,4)5)34-28(39)24-19-25(32-21(2)20-42-6)35-27(33-24)22-11-9-8-10-12-22/h8-12,19,21,23H,7,13-18,20H2,1-6H3,(H,34,39)(H,32,33,35). The summed E-state index contributed by atoms with van der Waals surface area (Å²) in [6, 6.07) is 9.60. The second-order valence-electron chi connectivity index (χ2n) is 11.5. The van der Waals surface area contributed by atoms with Gasteiger partial charge >= 0.3 is 12.1 Å². The number of rotatable bonds is 12. The average molecular weight is 613 g/mol. The number of piperazine rings is 1. The van der Waals surface area contributed by atoms with Crippen LogP contribution in [0.25, 0.3) is 11.4 Å². The van der Waals surface area contributed by atoms with Crippen molar-refractivity contribution in [2.75, 3.05) is 51.8 Å². The summed E-state index contributed by atoms with van der Waals surface area (Å²) >= 11 is 0. The lowest BCUT2D eigenvalue weighted by Crippen LogP contribution is -2.56. The fraction of sp³-hybridized carbons (Fsp3) is 0.548. The van der Waals surface area contributed by atoms with Crippen LogP contribution in [0.4, 0.5) is 10.6 Å². The average Bonchev–Trinajstić information content (AvgIpc) is 2.98. The van der Waals surface area contributed by atoms with Gasteiger partial charge in [0, 0.05) is 57.4 Å². The van der Waals surface area contributed by atoms with Gasteiger partial charge in [-0.05, 0) is 41.0 Å². The van der Waals surface area contributed by atoms with Crippen molar-refractivity contribution in [3.8, 4) is 11.4 Å². The largest absolute Gasteiger partial charge is 0.460 e. The number of esters is 1. The number of nitrogens with one attached hydrogen (secondary N) is 2. The van der Waals surface area contributed by atoms with E-state index in [2.05, 4.69) is 20.6 Å². The first-order valence-corrected chi connectivity index (χ1v) is 14.8. The minimum absolute atomic E-state index is 0.0180. The van der Waals surface area contributed by atoms with Gasteiger partial charge in [-0.3, -0.25) is 14.4 Å². The van der Waals surface area contributed by atoms with E-state index in [1.165, 1.54) is 11.0 Å². The van der Waals surface area contributed by atoms with Crippen molar-refractivity contribution in [1.82, 2.24) is 25.1 Å². The molecule has 3 rings (SSSR count). The molecule has 1 saturated heterocycles. The Morgan fingerprint density at radius 1 is 1.00 bits per heavy atom. The summed E-state index contributed by atoms with van der Waals surface area (Å²) in [4.78, 5) is 64.2. The van der Waals surface area contributed by atoms with Gasteiger partial charge in [0.15, 0.2) is 5.82 Å². The summed E-state index contributed by atoms with van der Waals surface area (Å²) in [6.45, 7) is 10.7. The van der Waals surface area contributed by atoms with E-state index >= 15 is 0 Å². The van der Waals surface area contributed by atoms with Crippen molar-refractivity contribution >= 4 is 29.7 Å². The summed E-state index contributed by atoms with van der Waals surface area (Å²) in [5, 5.41) is 6.03.